The number of hydrogen-bond donors (Lipinski definition) is 0. The molecule has 0 spiro atoms. The lowest BCUT2D eigenvalue weighted by Crippen LogP contribution is -1.94. The minimum Gasteiger partial charge on any atom is -0.309 e. The van der Waals surface area contributed by atoms with E-state index in [9.17, 15) is 0 Å². The van der Waals surface area contributed by atoms with Gasteiger partial charge in [-0.3, -0.25) is 0 Å². The SMILES string of the molecule is c1ccc(-n2c3ccc4ccccc4c3c3c4ccccc4c(-c4cccc(-c5ccc6c7ccccc7c7ccccc7c6c5)c4)cc32)cc1. The Hall–Kier alpha value is -6.70. The van der Waals surface area contributed by atoms with Crippen molar-refractivity contribution in [3.63, 3.8) is 0 Å². The molecule has 236 valence electrons. The van der Waals surface area contributed by atoms with Gasteiger partial charge in [0.1, 0.15) is 0 Å². The molecule has 1 aromatic heterocycles. The van der Waals surface area contributed by atoms with Gasteiger partial charge in [-0.05, 0) is 113 Å². The van der Waals surface area contributed by atoms with Gasteiger partial charge in [0.25, 0.3) is 0 Å². The second kappa shape index (κ2) is 10.9. The molecule has 0 aliphatic heterocycles. The van der Waals surface area contributed by atoms with E-state index in [0.29, 0.717) is 0 Å². The van der Waals surface area contributed by atoms with Crippen molar-refractivity contribution in [2.75, 3.05) is 0 Å². The van der Waals surface area contributed by atoms with E-state index in [1.54, 1.807) is 0 Å². The highest BCUT2D eigenvalue weighted by molar-refractivity contribution is 6.30. The van der Waals surface area contributed by atoms with Crippen LogP contribution in [-0.2, 0) is 0 Å². The fourth-order valence-electron chi connectivity index (χ4n) is 8.69. The highest BCUT2D eigenvalue weighted by Crippen LogP contribution is 2.44. The third-order valence-electron chi connectivity index (χ3n) is 10.9. The molecule has 0 aliphatic rings. The number of nitrogens with zero attached hydrogens (tertiary/aromatic N) is 1. The third kappa shape index (κ3) is 4.16. The Balaban J connectivity index is 1.18. The second-order valence-electron chi connectivity index (χ2n) is 13.6. The maximum absolute atomic E-state index is 2.45. The summed E-state index contributed by atoms with van der Waals surface area (Å²) in [6.45, 7) is 0. The summed E-state index contributed by atoms with van der Waals surface area (Å²) >= 11 is 0. The quantitative estimate of drug-likeness (QED) is 0.169. The fraction of sp³-hybridized carbons (Fsp3) is 0. The number of hydrogen-bond acceptors (Lipinski definition) is 0. The van der Waals surface area contributed by atoms with Crippen LogP contribution >= 0.6 is 0 Å². The Morgan fingerprint density at radius 2 is 0.824 bits per heavy atom. The van der Waals surface area contributed by atoms with Gasteiger partial charge in [-0.1, -0.05) is 152 Å². The molecular formula is C50H31N. The van der Waals surface area contributed by atoms with E-state index < -0.39 is 0 Å². The average molecular weight is 646 g/mol. The van der Waals surface area contributed by atoms with Gasteiger partial charge in [-0.25, -0.2) is 0 Å². The first-order chi connectivity index (χ1) is 25.3. The molecule has 1 heteroatoms. The zero-order valence-electron chi connectivity index (χ0n) is 27.8. The van der Waals surface area contributed by atoms with Gasteiger partial charge < -0.3 is 4.57 Å². The largest absolute Gasteiger partial charge is 0.309 e. The van der Waals surface area contributed by atoms with E-state index in [2.05, 4.69) is 193 Å². The van der Waals surface area contributed by atoms with E-state index in [0.717, 1.165) is 0 Å². The van der Waals surface area contributed by atoms with Gasteiger partial charge in [0, 0.05) is 16.5 Å². The van der Waals surface area contributed by atoms with Crippen molar-refractivity contribution in [2.45, 2.75) is 0 Å². The summed E-state index contributed by atoms with van der Waals surface area (Å²) in [5.41, 5.74) is 8.49. The molecule has 0 amide bonds. The van der Waals surface area contributed by atoms with Crippen LogP contribution in [0.4, 0.5) is 0 Å². The van der Waals surface area contributed by atoms with Crippen molar-refractivity contribution >= 4 is 75.7 Å². The first kappa shape index (κ1) is 28.2. The minimum absolute atomic E-state index is 1.17. The molecular weight excluding hydrogens is 615 g/mol. The topological polar surface area (TPSA) is 4.93 Å². The monoisotopic (exact) mass is 645 g/mol. The van der Waals surface area contributed by atoms with Crippen molar-refractivity contribution in [2.24, 2.45) is 0 Å². The van der Waals surface area contributed by atoms with Crippen molar-refractivity contribution in [3.05, 3.63) is 188 Å². The lowest BCUT2D eigenvalue weighted by Gasteiger charge is -2.14. The van der Waals surface area contributed by atoms with Crippen LogP contribution in [0.15, 0.2) is 188 Å². The Bertz CT molecular complexity index is 3150. The molecule has 0 N–H and O–H groups in total. The second-order valence-corrected chi connectivity index (χ2v) is 13.6. The molecule has 0 saturated heterocycles. The molecule has 11 aromatic rings. The van der Waals surface area contributed by atoms with E-state index in [4.69, 9.17) is 0 Å². The molecule has 0 radical (unpaired) electrons. The Kier molecular flexibility index (Phi) is 6.02. The minimum atomic E-state index is 1.17. The predicted octanol–water partition coefficient (Wildman–Crippen LogP) is 13.9. The highest BCUT2D eigenvalue weighted by atomic mass is 15.0. The number of benzene rings is 10. The van der Waals surface area contributed by atoms with Crippen LogP contribution in [0.2, 0.25) is 0 Å². The highest BCUT2D eigenvalue weighted by Gasteiger charge is 2.20. The van der Waals surface area contributed by atoms with E-state index >= 15 is 0 Å². The van der Waals surface area contributed by atoms with Crippen LogP contribution in [0.5, 0.6) is 0 Å². The molecule has 0 saturated carbocycles. The standard InChI is InChI=1S/C50H31N/c1-2-16-36(17-3-1)51-47-28-26-32-13-4-5-18-37(32)49(47)50-44-24-11-10-23-42(44)45(31-48(50)51)35-15-12-14-33(29-35)34-25-27-43-40-21-7-6-19-38(40)39-20-8-9-22-41(39)46(43)30-34/h1-31H. The van der Waals surface area contributed by atoms with Gasteiger partial charge in [0.05, 0.1) is 11.0 Å². The molecule has 0 aliphatic carbocycles. The summed E-state index contributed by atoms with van der Waals surface area (Å²) in [5, 5.41) is 15.5. The summed E-state index contributed by atoms with van der Waals surface area (Å²) in [7, 11) is 0. The first-order valence-corrected chi connectivity index (χ1v) is 17.7. The summed E-state index contributed by atoms with van der Waals surface area (Å²) in [6, 6.07) is 69.3. The average Bonchev–Trinajstić information content (AvgIpc) is 3.56. The molecule has 11 rings (SSSR count). The van der Waals surface area contributed by atoms with Crippen LogP contribution < -0.4 is 0 Å². The fourth-order valence-corrected chi connectivity index (χ4v) is 8.69. The molecule has 1 heterocycles. The lowest BCUT2D eigenvalue weighted by molar-refractivity contribution is 1.18. The third-order valence-corrected chi connectivity index (χ3v) is 10.9. The maximum Gasteiger partial charge on any atom is 0.0553 e. The maximum atomic E-state index is 2.45. The van der Waals surface area contributed by atoms with E-state index in [1.165, 1.54) is 104 Å². The van der Waals surface area contributed by atoms with E-state index in [-0.39, 0.29) is 0 Å². The zero-order valence-corrected chi connectivity index (χ0v) is 27.8. The van der Waals surface area contributed by atoms with Gasteiger partial charge in [-0.2, -0.15) is 0 Å². The number of fused-ring (bicyclic) bond motifs is 13. The Morgan fingerprint density at radius 1 is 0.275 bits per heavy atom. The summed E-state index contributed by atoms with van der Waals surface area (Å²) in [4.78, 5) is 0. The number of para-hydroxylation sites is 1. The van der Waals surface area contributed by atoms with Crippen LogP contribution in [0.1, 0.15) is 0 Å². The number of rotatable bonds is 3. The smallest absolute Gasteiger partial charge is 0.0553 e. The Morgan fingerprint density at radius 3 is 1.57 bits per heavy atom. The van der Waals surface area contributed by atoms with Crippen molar-refractivity contribution in [1.82, 2.24) is 4.57 Å². The molecule has 0 unspecified atom stereocenters. The lowest BCUT2D eigenvalue weighted by atomic mass is 9.90. The molecule has 0 fully saturated rings. The molecule has 1 nitrogen and oxygen atoms in total. The van der Waals surface area contributed by atoms with Crippen molar-refractivity contribution in [1.29, 1.82) is 0 Å². The first-order valence-electron chi connectivity index (χ1n) is 17.7. The molecule has 51 heavy (non-hydrogen) atoms. The Labute approximate surface area is 295 Å². The van der Waals surface area contributed by atoms with Crippen molar-refractivity contribution in [3.8, 4) is 27.9 Å². The van der Waals surface area contributed by atoms with Gasteiger partial charge in [-0.15, -0.1) is 0 Å². The summed E-state index contributed by atoms with van der Waals surface area (Å²) < 4.78 is 2.45. The predicted molar refractivity (Wildman–Crippen MR) is 219 cm³/mol. The van der Waals surface area contributed by atoms with E-state index in [1.807, 2.05) is 0 Å². The van der Waals surface area contributed by atoms with Crippen molar-refractivity contribution < 1.29 is 0 Å². The summed E-state index contributed by atoms with van der Waals surface area (Å²) in [5.74, 6) is 0. The van der Waals surface area contributed by atoms with Crippen LogP contribution in [0.25, 0.3) is 104 Å². The van der Waals surface area contributed by atoms with Crippen LogP contribution in [0, 0.1) is 0 Å². The molecule has 0 bridgehead atoms. The zero-order chi connectivity index (χ0) is 33.5. The summed E-state index contributed by atoms with van der Waals surface area (Å²) in [6.07, 6.45) is 0. The van der Waals surface area contributed by atoms with Crippen LogP contribution in [0.3, 0.4) is 0 Å². The normalized spacial score (nSPS) is 11.9. The van der Waals surface area contributed by atoms with Gasteiger partial charge in [0.15, 0.2) is 0 Å². The molecule has 10 aromatic carbocycles. The van der Waals surface area contributed by atoms with Gasteiger partial charge >= 0.3 is 0 Å². The number of aromatic nitrogens is 1. The van der Waals surface area contributed by atoms with Gasteiger partial charge in [0.2, 0.25) is 0 Å². The van der Waals surface area contributed by atoms with Crippen LogP contribution in [-0.4, -0.2) is 4.57 Å². The molecule has 0 atom stereocenters.